The highest BCUT2D eigenvalue weighted by atomic mass is 32.1. The molecule has 1 aliphatic heterocycles. The number of carbonyl (C=O) groups is 1. The molecule has 152 valence electrons. The monoisotopic (exact) mass is 410 g/mol. The van der Waals surface area contributed by atoms with Crippen molar-refractivity contribution < 1.29 is 4.79 Å². The van der Waals surface area contributed by atoms with Crippen molar-refractivity contribution in [1.29, 1.82) is 0 Å². The summed E-state index contributed by atoms with van der Waals surface area (Å²) in [7, 11) is 0. The molecule has 0 atom stereocenters. The minimum Gasteiger partial charge on any atom is -0.334 e. The quantitative estimate of drug-likeness (QED) is 0.624. The lowest BCUT2D eigenvalue weighted by Gasteiger charge is -2.37. The number of piperidine rings is 1. The topological polar surface area (TPSA) is 67.2 Å². The molecule has 1 fully saturated rings. The van der Waals surface area contributed by atoms with E-state index in [1.165, 1.54) is 11.3 Å². The van der Waals surface area contributed by atoms with Crippen LogP contribution in [0.1, 0.15) is 37.2 Å². The van der Waals surface area contributed by atoms with E-state index in [1.54, 1.807) is 17.1 Å². The number of carbonyl (C=O) groups excluding carboxylic acids is 1. The van der Waals surface area contributed by atoms with Gasteiger partial charge in [0, 0.05) is 49.0 Å². The van der Waals surface area contributed by atoms with Crippen molar-refractivity contribution in [3.05, 3.63) is 47.9 Å². The average molecular weight is 411 g/mol. The maximum absolute atomic E-state index is 13.1. The first kappa shape index (κ1) is 19.7. The van der Waals surface area contributed by atoms with E-state index in [0.29, 0.717) is 18.3 Å². The molecule has 3 aromatic heterocycles. The molecular weight excluding hydrogens is 384 g/mol. The van der Waals surface area contributed by atoms with Crippen molar-refractivity contribution >= 4 is 17.2 Å². The summed E-state index contributed by atoms with van der Waals surface area (Å²) in [6.07, 6.45) is 7.46. The van der Waals surface area contributed by atoms with E-state index in [4.69, 9.17) is 0 Å². The number of nitrogens with zero attached hydrogens (tertiary/aromatic N) is 6. The van der Waals surface area contributed by atoms with Crippen LogP contribution >= 0.6 is 11.3 Å². The van der Waals surface area contributed by atoms with E-state index in [-0.39, 0.29) is 5.91 Å². The van der Waals surface area contributed by atoms with Crippen LogP contribution in [-0.2, 0) is 0 Å². The summed E-state index contributed by atoms with van der Waals surface area (Å²) < 4.78 is 1.72. The second-order valence-electron chi connectivity index (χ2n) is 7.16. The third-order valence-corrected chi connectivity index (χ3v) is 6.37. The van der Waals surface area contributed by atoms with Crippen LogP contribution in [0.3, 0.4) is 0 Å². The van der Waals surface area contributed by atoms with Crippen LogP contribution in [0.4, 0.5) is 0 Å². The minimum atomic E-state index is 0.0297. The average Bonchev–Trinajstić information content (AvgIpc) is 3.45. The SMILES string of the molecule is CCN1CCC(N(CC)C(=O)c2csc(-c3cnn(-c4ccccn4)c3)n2)CC1. The molecule has 4 rings (SSSR count). The normalized spacial score (nSPS) is 15.5. The molecule has 3 aromatic rings. The summed E-state index contributed by atoms with van der Waals surface area (Å²) in [6, 6.07) is 6.00. The molecule has 0 saturated carbocycles. The van der Waals surface area contributed by atoms with Crippen LogP contribution in [0.15, 0.2) is 42.2 Å². The fourth-order valence-electron chi connectivity index (χ4n) is 3.81. The third-order valence-electron chi connectivity index (χ3n) is 5.48. The highest BCUT2D eigenvalue weighted by Crippen LogP contribution is 2.26. The Balaban J connectivity index is 1.48. The second-order valence-corrected chi connectivity index (χ2v) is 8.01. The molecule has 0 unspecified atom stereocenters. The highest BCUT2D eigenvalue weighted by Gasteiger charge is 2.28. The van der Waals surface area contributed by atoms with Crippen LogP contribution < -0.4 is 0 Å². The molecule has 1 amide bonds. The zero-order chi connectivity index (χ0) is 20.2. The molecule has 7 nitrogen and oxygen atoms in total. The van der Waals surface area contributed by atoms with E-state index in [9.17, 15) is 4.79 Å². The molecule has 0 spiro atoms. The first-order valence-electron chi connectivity index (χ1n) is 10.1. The summed E-state index contributed by atoms with van der Waals surface area (Å²) in [5.41, 5.74) is 1.41. The molecule has 0 bridgehead atoms. The first-order chi connectivity index (χ1) is 14.2. The van der Waals surface area contributed by atoms with Crippen molar-refractivity contribution in [2.24, 2.45) is 0 Å². The third kappa shape index (κ3) is 4.23. The maximum Gasteiger partial charge on any atom is 0.273 e. The summed E-state index contributed by atoms with van der Waals surface area (Å²) in [5, 5.41) is 7.04. The number of thiazole rings is 1. The molecule has 4 heterocycles. The van der Waals surface area contributed by atoms with Gasteiger partial charge < -0.3 is 9.80 Å². The Morgan fingerprint density at radius 1 is 1.28 bits per heavy atom. The van der Waals surface area contributed by atoms with Gasteiger partial charge in [-0.15, -0.1) is 11.3 Å². The molecule has 1 aliphatic rings. The van der Waals surface area contributed by atoms with Gasteiger partial charge in [0.15, 0.2) is 5.82 Å². The smallest absolute Gasteiger partial charge is 0.273 e. The van der Waals surface area contributed by atoms with Crippen molar-refractivity contribution in [1.82, 2.24) is 29.5 Å². The van der Waals surface area contributed by atoms with E-state index in [1.807, 2.05) is 41.6 Å². The van der Waals surface area contributed by atoms with Crippen LogP contribution in [0.5, 0.6) is 0 Å². The lowest BCUT2D eigenvalue weighted by atomic mass is 10.0. The lowest BCUT2D eigenvalue weighted by Crippen LogP contribution is -2.47. The molecule has 0 N–H and O–H groups in total. The predicted molar refractivity (Wildman–Crippen MR) is 114 cm³/mol. The molecular formula is C21H26N6OS. The predicted octanol–water partition coefficient (Wildman–Crippen LogP) is 3.34. The first-order valence-corrected chi connectivity index (χ1v) is 11.0. The molecule has 1 saturated heterocycles. The Morgan fingerprint density at radius 2 is 2.10 bits per heavy atom. The highest BCUT2D eigenvalue weighted by molar-refractivity contribution is 7.13. The van der Waals surface area contributed by atoms with Gasteiger partial charge in [0.2, 0.25) is 0 Å². The Kier molecular flexibility index (Phi) is 6.01. The van der Waals surface area contributed by atoms with E-state index < -0.39 is 0 Å². The van der Waals surface area contributed by atoms with Crippen LogP contribution in [0.25, 0.3) is 16.4 Å². The van der Waals surface area contributed by atoms with Crippen molar-refractivity contribution in [3.8, 4) is 16.4 Å². The molecule has 0 aliphatic carbocycles. The lowest BCUT2D eigenvalue weighted by molar-refractivity contribution is 0.0587. The van der Waals surface area contributed by atoms with Gasteiger partial charge >= 0.3 is 0 Å². The van der Waals surface area contributed by atoms with E-state index >= 15 is 0 Å². The summed E-state index contributed by atoms with van der Waals surface area (Å²) >= 11 is 1.48. The Morgan fingerprint density at radius 3 is 2.79 bits per heavy atom. The van der Waals surface area contributed by atoms with E-state index in [2.05, 4.69) is 26.9 Å². The Hall–Kier alpha value is -2.58. The van der Waals surface area contributed by atoms with E-state index in [0.717, 1.165) is 48.9 Å². The molecule has 8 heteroatoms. The number of amides is 1. The Bertz CT molecular complexity index is 945. The van der Waals surface area contributed by atoms with Crippen LogP contribution in [0.2, 0.25) is 0 Å². The zero-order valence-corrected chi connectivity index (χ0v) is 17.7. The maximum atomic E-state index is 13.1. The largest absolute Gasteiger partial charge is 0.334 e. The number of pyridine rings is 1. The van der Waals surface area contributed by atoms with Gasteiger partial charge in [0.05, 0.1) is 6.20 Å². The number of rotatable bonds is 6. The standard InChI is InChI=1S/C21H26N6OS/c1-3-25-11-8-17(9-12-25)26(4-2)21(28)18-15-29-20(24-18)16-13-23-27(14-16)19-7-5-6-10-22-19/h5-7,10,13-15,17H,3-4,8-9,11-12H2,1-2H3. The summed E-state index contributed by atoms with van der Waals surface area (Å²) in [6.45, 7) is 8.14. The van der Waals surface area contributed by atoms with Crippen LogP contribution in [-0.4, -0.2) is 67.7 Å². The Labute approximate surface area is 175 Å². The number of aromatic nitrogens is 4. The zero-order valence-electron chi connectivity index (χ0n) is 16.9. The molecule has 0 radical (unpaired) electrons. The number of likely N-dealkylation sites (tertiary alicyclic amines) is 1. The summed E-state index contributed by atoms with van der Waals surface area (Å²) in [4.78, 5) is 26.5. The van der Waals surface area contributed by atoms with Gasteiger partial charge in [-0.25, -0.2) is 14.6 Å². The second kappa shape index (κ2) is 8.84. The van der Waals surface area contributed by atoms with Crippen LogP contribution in [0, 0.1) is 0 Å². The number of hydrogen-bond donors (Lipinski definition) is 0. The fourth-order valence-corrected chi connectivity index (χ4v) is 4.58. The minimum absolute atomic E-state index is 0.0297. The number of hydrogen-bond acceptors (Lipinski definition) is 6. The summed E-state index contributed by atoms with van der Waals surface area (Å²) in [5.74, 6) is 0.782. The van der Waals surface area contributed by atoms with Crippen molar-refractivity contribution in [2.75, 3.05) is 26.2 Å². The van der Waals surface area contributed by atoms with Gasteiger partial charge in [0.1, 0.15) is 10.7 Å². The molecule has 29 heavy (non-hydrogen) atoms. The van der Waals surface area contributed by atoms with Gasteiger partial charge in [0.25, 0.3) is 5.91 Å². The fraction of sp³-hybridized carbons (Fsp3) is 0.429. The van der Waals surface area contributed by atoms with Gasteiger partial charge in [-0.1, -0.05) is 13.0 Å². The molecule has 0 aromatic carbocycles. The van der Waals surface area contributed by atoms with Gasteiger partial charge in [-0.05, 0) is 38.4 Å². The van der Waals surface area contributed by atoms with Gasteiger partial charge in [-0.3, -0.25) is 4.79 Å². The van der Waals surface area contributed by atoms with Gasteiger partial charge in [-0.2, -0.15) is 5.10 Å². The van der Waals surface area contributed by atoms with Crippen molar-refractivity contribution in [2.45, 2.75) is 32.7 Å². The van der Waals surface area contributed by atoms with Crippen molar-refractivity contribution in [3.63, 3.8) is 0 Å².